The highest BCUT2D eigenvalue weighted by Crippen LogP contribution is 2.32. The lowest BCUT2D eigenvalue weighted by molar-refractivity contribution is 0.0795. The maximum Gasteiger partial charge on any atom is 0.0195 e. The summed E-state index contributed by atoms with van der Waals surface area (Å²) in [7, 11) is 0. The molecule has 1 saturated carbocycles. The highest BCUT2D eigenvalue weighted by molar-refractivity contribution is 4.86. The summed E-state index contributed by atoms with van der Waals surface area (Å²) in [6.07, 6.45) is 5.88. The third-order valence-electron chi connectivity index (χ3n) is 4.28. The minimum absolute atomic E-state index is 0.671. The molecule has 15 heavy (non-hydrogen) atoms. The predicted molar refractivity (Wildman–Crippen MR) is 65.1 cm³/mol. The fraction of sp³-hybridized carbons (Fsp3) is 1.00. The van der Waals surface area contributed by atoms with Crippen LogP contribution in [0.2, 0.25) is 0 Å². The Labute approximate surface area is 94.4 Å². The molecule has 2 rings (SSSR count). The van der Waals surface area contributed by atoms with Crippen LogP contribution in [0.5, 0.6) is 0 Å². The van der Waals surface area contributed by atoms with Crippen molar-refractivity contribution in [3.05, 3.63) is 0 Å². The van der Waals surface area contributed by atoms with E-state index in [2.05, 4.69) is 31.0 Å². The van der Waals surface area contributed by atoms with E-state index in [0.717, 1.165) is 24.5 Å². The van der Waals surface area contributed by atoms with Gasteiger partial charge in [0.05, 0.1) is 0 Å². The molecule has 0 spiro atoms. The molecule has 0 aromatic carbocycles. The van der Waals surface area contributed by atoms with Crippen LogP contribution in [-0.4, -0.2) is 36.1 Å². The molecule has 88 valence electrons. The number of piperazine rings is 1. The zero-order valence-corrected chi connectivity index (χ0v) is 10.5. The summed E-state index contributed by atoms with van der Waals surface area (Å²) in [6.45, 7) is 9.48. The number of nitrogens with zero attached hydrogens (tertiary/aromatic N) is 1. The van der Waals surface area contributed by atoms with E-state index in [-0.39, 0.29) is 0 Å². The van der Waals surface area contributed by atoms with Crippen molar-refractivity contribution in [1.82, 2.24) is 10.2 Å². The van der Waals surface area contributed by atoms with Crippen LogP contribution in [0.4, 0.5) is 0 Å². The molecule has 0 aromatic rings. The number of rotatable bonds is 3. The number of nitrogens with one attached hydrogen (secondary N) is 1. The highest BCUT2D eigenvalue weighted by Gasteiger charge is 2.29. The molecule has 3 atom stereocenters. The van der Waals surface area contributed by atoms with Crippen LogP contribution >= 0.6 is 0 Å². The summed E-state index contributed by atoms with van der Waals surface area (Å²) in [5.41, 5.74) is 0. The molecular weight excluding hydrogens is 184 g/mol. The fourth-order valence-electron chi connectivity index (χ4n) is 3.01. The molecule has 0 radical (unpaired) electrons. The van der Waals surface area contributed by atoms with Gasteiger partial charge >= 0.3 is 0 Å². The zero-order valence-electron chi connectivity index (χ0n) is 10.5. The monoisotopic (exact) mass is 210 g/mol. The first-order chi connectivity index (χ1) is 7.16. The molecule has 1 saturated heterocycles. The molecule has 1 heterocycles. The molecule has 2 nitrogen and oxygen atoms in total. The normalized spacial score (nSPS) is 36.2. The van der Waals surface area contributed by atoms with E-state index in [0.29, 0.717) is 6.04 Å². The molecule has 2 heteroatoms. The standard InChI is InChI=1S/C13H26N2/c1-10-9-15(12(3)8-14-10)11(2)7-13-5-4-6-13/h10-14H,4-9H2,1-3H3. The second kappa shape index (κ2) is 4.84. The van der Waals surface area contributed by atoms with E-state index in [4.69, 9.17) is 0 Å². The van der Waals surface area contributed by atoms with E-state index < -0.39 is 0 Å². The molecule has 0 bridgehead atoms. The van der Waals surface area contributed by atoms with Gasteiger partial charge in [-0.2, -0.15) is 0 Å². The quantitative estimate of drug-likeness (QED) is 0.768. The predicted octanol–water partition coefficient (Wildman–Crippen LogP) is 2.25. The molecule has 0 amide bonds. The Morgan fingerprint density at radius 2 is 2.07 bits per heavy atom. The third-order valence-corrected chi connectivity index (χ3v) is 4.28. The van der Waals surface area contributed by atoms with Gasteiger partial charge in [0.2, 0.25) is 0 Å². The first kappa shape index (κ1) is 11.4. The Kier molecular flexibility index (Phi) is 3.68. The van der Waals surface area contributed by atoms with Crippen LogP contribution in [0.25, 0.3) is 0 Å². The van der Waals surface area contributed by atoms with E-state index in [1.807, 2.05) is 0 Å². The van der Waals surface area contributed by atoms with Crippen molar-refractivity contribution in [3.8, 4) is 0 Å². The van der Waals surface area contributed by atoms with Crippen molar-refractivity contribution in [2.75, 3.05) is 13.1 Å². The average Bonchev–Trinajstić information content (AvgIpc) is 2.15. The minimum atomic E-state index is 0.671. The number of hydrogen-bond acceptors (Lipinski definition) is 2. The second-order valence-corrected chi connectivity index (χ2v) is 5.74. The van der Waals surface area contributed by atoms with Gasteiger partial charge in [0.1, 0.15) is 0 Å². The summed E-state index contributed by atoms with van der Waals surface area (Å²) in [4.78, 5) is 2.71. The van der Waals surface area contributed by atoms with E-state index >= 15 is 0 Å². The van der Waals surface area contributed by atoms with Gasteiger partial charge in [-0.3, -0.25) is 4.90 Å². The van der Waals surface area contributed by atoms with Gasteiger partial charge in [0.25, 0.3) is 0 Å². The fourth-order valence-corrected chi connectivity index (χ4v) is 3.01. The van der Waals surface area contributed by atoms with Crippen molar-refractivity contribution in [2.24, 2.45) is 5.92 Å². The lowest BCUT2D eigenvalue weighted by Crippen LogP contribution is -2.57. The first-order valence-corrected chi connectivity index (χ1v) is 6.66. The van der Waals surface area contributed by atoms with Crippen LogP contribution < -0.4 is 5.32 Å². The maximum atomic E-state index is 3.56. The molecule has 1 N–H and O–H groups in total. The Morgan fingerprint density at radius 3 is 2.67 bits per heavy atom. The van der Waals surface area contributed by atoms with Crippen molar-refractivity contribution in [3.63, 3.8) is 0 Å². The number of hydrogen-bond donors (Lipinski definition) is 1. The van der Waals surface area contributed by atoms with Crippen LogP contribution in [0.3, 0.4) is 0 Å². The Hall–Kier alpha value is -0.0800. The van der Waals surface area contributed by atoms with E-state index in [1.54, 1.807) is 0 Å². The third kappa shape index (κ3) is 2.73. The van der Waals surface area contributed by atoms with Crippen molar-refractivity contribution in [1.29, 1.82) is 0 Å². The topological polar surface area (TPSA) is 15.3 Å². The van der Waals surface area contributed by atoms with Gasteiger partial charge in [-0.05, 0) is 33.1 Å². The van der Waals surface area contributed by atoms with Gasteiger partial charge in [-0.25, -0.2) is 0 Å². The lowest BCUT2D eigenvalue weighted by Gasteiger charge is -2.43. The smallest absolute Gasteiger partial charge is 0.0195 e. The largest absolute Gasteiger partial charge is 0.311 e. The Bertz CT molecular complexity index is 201. The average molecular weight is 210 g/mol. The van der Waals surface area contributed by atoms with Gasteiger partial charge in [-0.15, -0.1) is 0 Å². The van der Waals surface area contributed by atoms with Crippen LogP contribution in [-0.2, 0) is 0 Å². The highest BCUT2D eigenvalue weighted by atomic mass is 15.2. The van der Waals surface area contributed by atoms with Gasteiger partial charge in [0, 0.05) is 31.2 Å². The van der Waals surface area contributed by atoms with Crippen molar-refractivity contribution >= 4 is 0 Å². The van der Waals surface area contributed by atoms with Crippen LogP contribution in [0, 0.1) is 5.92 Å². The summed E-state index contributed by atoms with van der Waals surface area (Å²) < 4.78 is 0. The molecule has 2 aliphatic rings. The van der Waals surface area contributed by atoms with Gasteiger partial charge < -0.3 is 5.32 Å². The molecule has 0 aromatic heterocycles. The molecule has 3 unspecified atom stereocenters. The van der Waals surface area contributed by atoms with Crippen LogP contribution in [0.15, 0.2) is 0 Å². The minimum Gasteiger partial charge on any atom is -0.311 e. The van der Waals surface area contributed by atoms with E-state index in [1.165, 1.54) is 32.2 Å². The summed E-state index contributed by atoms with van der Waals surface area (Å²) in [5.74, 6) is 1.04. The first-order valence-electron chi connectivity index (χ1n) is 6.66. The van der Waals surface area contributed by atoms with Gasteiger partial charge in [-0.1, -0.05) is 19.3 Å². The summed E-state index contributed by atoms with van der Waals surface area (Å²) in [6, 6.07) is 2.18. The molecule has 1 aliphatic carbocycles. The van der Waals surface area contributed by atoms with Crippen molar-refractivity contribution < 1.29 is 0 Å². The molecule has 2 fully saturated rings. The summed E-state index contributed by atoms with van der Waals surface area (Å²) in [5, 5.41) is 3.56. The second-order valence-electron chi connectivity index (χ2n) is 5.74. The van der Waals surface area contributed by atoms with Gasteiger partial charge in [0.15, 0.2) is 0 Å². The molecular formula is C13H26N2. The summed E-state index contributed by atoms with van der Waals surface area (Å²) >= 11 is 0. The zero-order chi connectivity index (χ0) is 10.8. The molecule has 1 aliphatic heterocycles. The lowest BCUT2D eigenvalue weighted by atomic mass is 9.80. The van der Waals surface area contributed by atoms with Crippen molar-refractivity contribution in [2.45, 2.75) is 64.6 Å². The Balaban J connectivity index is 1.83. The Morgan fingerprint density at radius 1 is 1.33 bits per heavy atom. The van der Waals surface area contributed by atoms with Crippen LogP contribution in [0.1, 0.15) is 46.5 Å². The SMILES string of the molecule is CC1CN(C(C)CC2CCC2)C(C)CN1. The maximum absolute atomic E-state index is 3.56. The van der Waals surface area contributed by atoms with E-state index in [9.17, 15) is 0 Å².